The molecule has 0 spiro atoms. The number of carbonyl (C=O) groups excluding carboxylic acids is 2. The van der Waals surface area contributed by atoms with Gasteiger partial charge in [0.05, 0.1) is 10.6 Å². The van der Waals surface area contributed by atoms with Gasteiger partial charge in [-0.25, -0.2) is 12.8 Å². The van der Waals surface area contributed by atoms with E-state index in [1.165, 1.54) is 4.90 Å². The van der Waals surface area contributed by atoms with Gasteiger partial charge in [0.2, 0.25) is 11.8 Å². The minimum Gasteiger partial charge on any atom is -0.350 e. The number of halogens is 2. The second-order valence-electron chi connectivity index (χ2n) is 10.4. The number of sulfonamides is 1. The van der Waals surface area contributed by atoms with E-state index in [1.54, 1.807) is 55.5 Å². The predicted molar refractivity (Wildman–Crippen MR) is 151 cm³/mol. The molecule has 0 radical (unpaired) electrons. The van der Waals surface area contributed by atoms with Crippen LogP contribution in [0.3, 0.4) is 0 Å². The highest BCUT2D eigenvalue weighted by atomic mass is 35.5. The molecule has 208 valence electrons. The van der Waals surface area contributed by atoms with Crippen molar-refractivity contribution in [2.45, 2.75) is 57.6 Å². The molecule has 0 saturated carbocycles. The molecule has 39 heavy (non-hydrogen) atoms. The molecule has 0 aromatic heterocycles. The third-order valence-corrected chi connectivity index (χ3v) is 7.93. The van der Waals surface area contributed by atoms with Crippen LogP contribution in [0, 0.1) is 12.7 Å². The molecule has 0 fully saturated rings. The summed E-state index contributed by atoms with van der Waals surface area (Å²) in [6, 6.07) is 17.0. The lowest BCUT2D eigenvalue weighted by Crippen LogP contribution is -2.54. The predicted octanol–water partition coefficient (Wildman–Crippen LogP) is 5.31. The molecule has 3 rings (SSSR count). The number of nitrogens with zero attached hydrogens (tertiary/aromatic N) is 2. The molecule has 0 aliphatic carbocycles. The number of carbonyl (C=O) groups is 2. The summed E-state index contributed by atoms with van der Waals surface area (Å²) in [5.74, 6) is -1.57. The van der Waals surface area contributed by atoms with Gasteiger partial charge in [0, 0.05) is 17.1 Å². The van der Waals surface area contributed by atoms with Gasteiger partial charge in [-0.1, -0.05) is 41.4 Å². The molecule has 3 aromatic carbocycles. The van der Waals surface area contributed by atoms with Crippen molar-refractivity contribution in [3.05, 3.63) is 94.8 Å². The molecule has 2 amide bonds. The van der Waals surface area contributed by atoms with E-state index in [4.69, 9.17) is 11.6 Å². The van der Waals surface area contributed by atoms with E-state index in [0.717, 1.165) is 34.1 Å². The van der Waals surface area contributed by atoms with Crippen molar-refractivity contribution in [2.24, 2.45) is 0 Å². The maximum atomic E-state index is 13.9. The summed E-state index contributed by atoms with van der Waals surface area (Å²) < 4.78 is 42.0. The zero-order valence-electron chi connectivity index (χ0n) is 22.6. The quantitative estimate of drug-likeness (QED) is 0.376. The Morgan fingerprint density at radius 3 is 2.18 bits per heavy atom. The van der Waals surface area contributed by atoms with Crippen LogP contribution in [0.25, 0.3) is 0 Å². The Morgan fingerprint density at radius 2 is 1.62 bits per heavy atom. The second-order valence-corrected chi connectivity index (χ2v) is 12.7. The highest BCUT2D eigenvalue weighted by Crippen LogP contribution is 2.25. The summed E-state index contributed by atoms with van der Waals surface area (Å²) >= 11 is 6.16. The molecular weight excluding hydrogens is 541 g/mol. The van der Waals surface area contributed by atoms with Crippen LogP contribution in [0.4, 0.5) is 10.1 Å². The van der Waals surface area contributed by atoms with Crippen LogP contribution >= 0.6 is 11.6 Å². The molecule has 3 aromatic rings. The van der Waals surface area contributed by atoms with Crippen LogP contribution in [-0.4, -0.2) is 43.3 Å². The highest BCUT2D eigenvalue weighted by Gasteiger charge is 2.33. The largest absolute Gasteiger partial charge is 0.350 e. The van der Waals surface area contributed by atoms with Crippen molar-refractivity contribution >= 4 is 39.1 Å². The molecule has 0 aliphatic heterocycles. The SMILES string of the molecule is Cc1ccc(N(CC(=O)N(Cc2cccc(Cl)c2)[C@H](C)C(=O)NC(C)(C)C)S(=O)(=O)c2ccc(F)cc2)cc1. The van der Waals surface area contributed by atoms with E-state index >= 15 is 0 Å². The van der Waals surface area contributed by atoms with Gasteiger partial charge in [0.25, 0.3) is 10.0 Å². The lowest BCUT2D eigenvalue weighted by atomic mass is 10.1. The van der Waals surface area contributed by atoms with Gasteiger partial charge in [-0.05, 0) is 88.7 Å². The van der Waals surface area contributed by atoms with Crippen molar-refractivity contribution in [1.29, 1.82) is 0 Å². The van der Waals surface area contributed by atoms with Gasteiger partial charge in [-0.15, -0.1) is 0 Å². The lowest BCUT2D eigenvalue weighted by molar-refractivity contribution is -0.140. The van der Waals surface area contributed by atoms with Crippen LogP contribution < -0.4 is 9.62 Å². The van der Waals surface area contributed by atoms with Crippen LogP contribution in [0.2, 0.25) is 5.02 Å². The Hall–Kier alpha value is -3.43. The maximum absolute atomic E-state index is 13.9. The Kier molecular flexibility index (Phi) is 9.40. The van der Waals surface area contributed by atoms with Gasteiger partial charge in [0.1, 0.15) is 18.4 Å². The number of hydrogen-bond acceptors (Lipinski definition) is 4. The first-order valence-electron chi connectivity index (χ1n) is 12.4. The standard InChI is InChI=1S/C29H33ClFN3O4S/c1-20-9-13-25(14-10-20)34(39(37,38)26-15-11-24(31)12-16-26)19-27(35)33(18-22-7-6-8-23(30)17-22)21(2)28(36)32-29(3,4)5/h6-17,21H,18-19H2,1-5H3,(H,32,36)/t21-/m1/s1. The fourth-order valence-electron chi connectivity index (χ4n) is 3.86. The van der Waals surface area contributed by atoms with Crippen LogP contribution in [0.15, 0.2) is 77.7 Å². The summed E-state index contributed by atoms with van der Waals surface area (Å²) in [6.45, 7) is 8.37. The van der Waals surface area contributed by atoms with Crippen LogP contribution in [0.1, 0.15) is 38.8 Å². The smallest absolute Gasteiger partial charge is 0.264 e. The summed E-state index contributed by atoms with van der Waals surface area (Å²) in [6.07, 6.45) is 0. The molecule has 0 saturated heterocycles. The Bertz CT molecular complexity index is 1420. The molecule has 0 unspecified atom stereocenters. The van der Waals surface area contributed by atoms with Crippen molar-refractivity contribution in [1.82, 2.24) is 10.2 Å². The van der Waals surface area contributed by atoms with E-state index < -0.39 is 39.9 Å². The van der Waals surface area contributed by atoms with Crippen molar-refractivity contribution in [3.63, 3.8) is 0 Å². The molecule has 7 nitrogen and oxygen atoms in total. The number of amides is 2. The summed E-state index contributed by atoms with van der Waals surface area (Å²) in [4.78, 5) is 28.1. The molecule has 0 aliphatic rings. The molecule has 1 N–H and O–H groups in total. The number of anilines is 1. The zero-order chi connectivity index (χ0) is 29.0. The lowest BCUT2D eigenvalue weighted by Gasteiger charge is -2.33. The summed E-state index contributed by atoms with van der Waals surface area (Å²) in [5, 5.41) is 3.34. The van der Waals surface area contributed by atoms with E-state index in [0.29, 0.717) is 10.6 Å². The van der Waals surface area contributed by atoms with Crippen molar-refractivity contribution in [2.75, 3.05) is 10.8 Å². The topological polar surface area (TPSA) is 86.8 Å². The van der Waals surface area contributed by atoms with Gasteiger partial charge in [-0.2, -0.15) is 0 Å². The molecule has 10 heteroatoms. The average Bonchev–Trinajstić information content (AvgIpc) is 2.85. The van der Waals surface area contributed by atoms with Gasteiger partial charge in [0.15, 0.2) is 0 Å². The average molecular weight is 574 g/mol. The number of benzene rings is 3. The number of nitrogens with one attached hydrogen (secondary N) is 1. The first-order valence-corrected chi connectivity index (χ1v) is 14.2. The normalized spacial score (nSPS) is 12.5. The minimum absolute atomic E-state index is 0.0243. The maximum Gasteiger partial charge on any atom is 0.264 e. The molecule has 1 atom stereocenters. The van der Waals surface area contributed by atoms with E-state index in [1.807, 2.05) is 27.7 Å². The third kappa shape index (κ3) is 8.03. The van der Waals surface area contributed by atoms with Crippen molar-refractivity contribution in [3.8, 4) is 0 Å². The minimum atomic E-state index is -4.27. The Morgan fingerprint density at radius 1 is 1.00 bits per heavy atom. The molecule has 0 bridgehead atoms. The Balaban J connectivity index is 2.03. The fraction of sp³-hybridized carbons (Fsp3) is 0.310. The number of hydrogen-bond donors (Lipinski definition) is 1. The molecule has 0 heterocycles. The van der Waals surface area contributed by atoms with E-state index in [9.17, 15) is 22.4 Å². The first-order chi connectivity index (χ1) is 18.2. The van der Waals surface area contributed by atoms with E-state index in [2.05, 4.69) is 5.32 Å². The van der Waals surface area contributed by atoms with Crippen molar-refractivity contribution < 1.29 is 22.4 Å². The zero-order valence-corrected chi connectivity index (χ0v) is 24.2. The fourth-order valence-corrected chi connectivity index (χ4v) is 5.49. The summed E-state index contributed by atoms with van der Waals surface area (Å²) in [5.41, 5.74) is 1.29. The van der Waals surface area contributed by atoms with Gasteiger partial charge in [-0.3, -0.25) is 13.9 Å². The number of aryl methyl sites for hydroxylation is 1. The Labute approximate surface area is 234 Å². The first kappa shape index (κ1) is 30.1. The second kappa shape index (κ2) is 12.2. The van der Waals surface area contributed by atoms with Crippen LogP contribution in [0.5, 0.6) is 0 Å². The molecular formula is C29H33ClFN3O4S. The van der Waals surface area contributed by atoms with E-state index in [-0.39, 0.29) is 23.0 Å². The summed E-state index contributed by atoms with van der Waals surface area (Å²) in [7, 11) is -4.27. The van der Waals surface area contributed by atoms with Crippen LogP contribution in [-0.2, 0) is 26.2 Å². The number of rotatable bonds is 9. The van der Waals surface area contributed by atoms with Gasteiger partial charge < -0.3 is 10.2 Å². The highest BCUT2D eigenvalue weighted by molar-refractivity contribution is 7.92. The monoisotopic (exact) mass is 573 g/mol. The third-order valence-electron chi connectivity index (χ3n) is 5.91. The van der Waals surface area contributed by atoms with Gasteiger partial charge >= 0.3 is 0 Å².